The van der Waals surface area contributed by atoms with Crippen LogP contribution in [0.15, 0.2) is 24.4 Å². The number of cyclic esters (lactones) is 1. The number of amides is 1. The third-order valence-corrected chi connectivity index (χ3v) is 6.63. The van der Waals surface area contributed by atoms with Gasteiger partial charge >= 0.3 is 6.09 Å². The molecule has 1 aromatic heterocycles. The van der Waals surface area contributed by atoms with Gasteiger partial charge in [0.05, 0.1) is 17.3 Å². The Morgan fingerprint density at radius 1 is 1.30 bits per heavy atom. The molecule has 3 heterocycles. The summed E-state index contributed by atoms with van der Waals surface area (Å²) in [7, 11) is 0. The maximum atomic E-state index is 14.5. The molecule has 2 fully saturated rings. The molecule has 0 spiro atoms. The zero-order chi connectivity index (χ0) is 23.7. The first-order valence-electron chi connectivity index (χ1n) is 10.9. The number of aliphatic hydroxyl groups is 1. The summed E-state index contributed by atoms with van der Waals surface area (Å²) in [6.45, 7) is 5.11. The predicted octanol–water partition coefficient (Wildman–Crippen LogP) is 3.40. The second kappa shape index (κ2) is 9.56. The van der Waals surface area contributed by atoms with Crippen LogP contribution >= 0.6 is 11.6 Å². The number of hydrogen-bond acceptors (Lipinski definition) is 8. The number of phenolic OH excluding ortho intramolecular Hbond substituents is 1. The lowest BCUT2D eigenvalue weighted by Crippen LogP contribution is -2.42. The highest BCUT2D eigenvalue weighted by atomic mass is 35.5. The van der Waals surface area contributed by atoms with Crippen LogP contribution in [0.5, 0.6) is 5.75 Å². The monoisotopic (exact) mass is 479 g/mol. The number of aromatic hydroxyl groups is 1. The summed E-state index contributed by atoms with van der Waals surface area (Å²) < 4.78 is 19.4. The van der Waals surface area contributed by atoms with Gasteiger partial charge in [-0.05, 0) is 44.7 Å². The van der Waals surface area contributed by atoms with Crippen molar-refractivity contribution >= 4 is 35.1 Å². The summed E-state index contributed by atoms with van der Waals surface area (Å²) in [5, 5.41) is 23.3. The normalized spacial score (nSPS) is 21.1. The Balaban J connectivity index is 1.41. The Labute approximate surface area is 196 Å². The summed E-state index contributed by atoms with van der Waals surface area (Å²) in [6.07, 6.45) is 1.15. The molecule has 0 saturated carbocycles. The van der Waals surface area contributed by atoms with Gasteiger partial charge in [-0.3, -0.25) is 0 Å². The number of aliphatic hydroxyl groups excluding tert-OH is 1. The Kier molecular flexibility index (Phi) is 6.76. The van der Waals surface area contributed by atoms with E-state index < -0.39 is 24.1 Å². The number of carbonyl (C=O) groups excluding carboxylic acids is 1. The number of anilines is 3. The minimum absolute atomic E-state index is 0.00201. The van der Waals surface area contributed by atoms with E-state index in [9.17, 15) is 19.4 Å². The lowest BCUT2D eigenvalue weighted by Gasteiger charge is -2.36. The van der Waals surface area contributed by atoms with Gasteiger partial charge in [0.15, 0.2) is 11.6 Å². The zero-order valence-corrected chi connectivity index (χ0v) is 19.2. The van der Waals surface area contributed by atoms with Crippen LogP contribution in [-0.4, -0.2) is 64.2 Å². The topological polar surface area (TPSA) is 111 Å². The largest absolute Gasteiger partial charge is 0.506 e. The minimum atomic E-state index is -0.908. The highest BCUT2D eigenvalue weighted by molar-refractivity contribution is 6.32. The first-order valence-corrected chi connectivity index (χ1v) is 11.3. The summed E-state index contributed by atoms with van der Waals surface area (Å²) in [5.41, 5.74) is 0.924. The van der Waals surface area contributed by atoms with Gasteiger partial charge in [-0.15, -0.1) is 0 Å². The van der Waals surface area contributed by atoms with Gasteiger partial charge in [-0.25, -0.2) is 19.1 Å². The van der Waals surface area contributed by atoms with Crippen molar-refractivity contribution < 1.29 is 24.1 Å². The predicted molar refractivity (Wildman–Crippen MR) is 122 cm³/mol. The standard InChI is InChI=1S/C22H27ClFN5O4/c1-12(14-5-7-28(8-6-14)15-3-4-16(23)19(31)9-15)26-21-25-10-17(24)20(27-21)29-18(13(2)30)11-33-22(29)32/h3-4,9-10,12-14,18,30-31H,5-8,11H2,1-2H3,(H,25,26,27)/t12-,13?,18+/m0/s1. The molecule has 3 N–H and O–H groups in total. The van der Waals surface area contributed by atoms with Crippen molar-refractivity contribution in [3.8, 4) is 5.75 Å². The number of piperidine rings is 1. The average Bonchev–Trinajstić information content (AvgIpc) is 3.18. The second-order valence-electron chi connectivity index (χ2n) is 8.51. The van der Waals surface area contributed by atoms with E-state index in [4.69, 9.17) is 16.3 Å². The van der Waals surface area contributed by atoms with Gasteiger partial charge in [-0.2, -0.15) is 4.98 Å². The molecule has 1 amide bonds. The van der Waals surface area contributed by atoms with E-state index in [2.05, 4.69) is 20.2 Å². The molecular weight excluding hydrogens is 453 g/mol. The van der Waals surface area contributed by atoms with Gasteiger partial charge in [-0.1, -0.05) is 11.6 Å². The van der Waals surface area contributed by atoms with Crippen LogP contribution in [0.3, 0.4) is 0 Å². The summed E-state index contributed by atoms with van der Waals surface area (Å²) in [5.74, 6) is -0.396. The SMILES string of the molecule is CC(O)[C@H]1COC(=O)N1c1nc(N[C@@H](C)C2CCN(c3ccc(Cl)c(O)c3)CC2)ncc1F. The number of hydrogen-bond donors (Lipinski definition) is 3. The van der Waals surface area contributed by atoms with Gasteiger partial charge in [0, 0.05) is 30.9 Å². The molecular formula is C22H27ClFN5O4. The number of carbonyl (C=O) groups is 1. The third-order valence-electron chi connectivity index (χ3n) is 6.31. The van der Waals surface area contributed by atoms with Gasteiger partial charge in [0.2, 0.25) is 5.95 Å². The minimum Gasteiger partial charge on any atom is -0.506 e. The number of nitrogens with zero attached hydrogens (tertiary/aromatic N) is 4. The number of halogens is 2. The molecule has 0 radical (unpaired) electrons. The van der Waals surface area contributed by atoms with E-state index in [-0.39, 0.29) is 30.2 Å². The summed E-state index contributed by atoms with van der Waals surface area (Å²) in [6, 6.07) is 4.53. The molecule has 1 unspecified atom stereocenters. The van der Waals surface area contributed by atoms with Crippen molar-refractivity contribution in [2.45, 2.75) is 44.9 Å². The fraction of sp³-hybridized carbons (Fsp3) is 0.500. The van der Waals surface area contributed by atoms with Gasteiger partial charge in [0.25, 0.3) is 0 Å². The fourth-order valence-corrected chi connectivity index (χ4v) is 4.43. The van der Waals surface area contributed by atoms with Crippen LogP contribution in [-0.2, 0) is 4.74 Å². The maximum Gasteiger partial charge on any atom is 0.416 e. The molecule has 33 heavy (non-hydrogen) atoms. The lowest BCUT2D eigenvalue weighted by atomic mass is 9.90. The van der Waals surface area contributed by atoms with E-state index >= 15 is 0 Å². The number of phenols is 1. The molecule has 178 valence electrons. The molecule has 2 aliphatic heterocycles. The first kappa shape index (κ1) is 23.3. The van der Waals surface area contributed by atoms with Crippen molar-refractivity contribution in [1.82, 2.24) is 9.97 Å². The smallest absolute Gasteiger partial charge is 0.416 e. The summed E-state index contributed by atoms with van der Waals surface area (Å²) >= 11 is 5.90. The zero-order valence-electron chi connectivity index (χ0n) is 18.4. The molecule has 4 rings (SSSR count). The maximum absolute atomic E-state index is 14.5. The van der Waals surface area contributed by atoms with E-state index in [0.717, 1.165) is 42.7 Å². The summed E-state index contributed by atoms with van der Waals surface area (Å²) in [4.78, 5) is 23.6. The molecule has 0 aliphatic carbocycles. The Morgan fingerprint density at radius 2 is 2.03 bits per heavy atom. The third kappa shape index (κ3) is 4.91. The van der Waals surface area contributed by atoms with Gasteiger partial charge < -0.3 is 25.2 Å². The molecule has 3 atom stereocenters. The van der Waals surface area contributed by atoms with Crippen LogP contribution in [0.25, 0.3) is 0 Å². The molecule has 1 aromatic carbocycles. The van der Waals surface area contributed by atoms with Crippen LogP contribution in [0.1, 0.15) is 26.7 Å². The molecule has 9 nitrogen and oxygen atoms in total. The van der Waals surface area contributed by atoms with Crippen molar-refractivity contribution in [1.29, 1.82) is 0 Å². The van der Waals surface area contributed by atoms with Crippen LogP contribution in [0.2, 0.25) is 5.02 Å². The van der Waals surface area contributed by atoms with Crippen molar-refractivity contribution in [3.05, 3.63) is 35.2 Å². The first-order chi connectivity index (χ1) is 15.7. The lowest BCUT2D eigenvalue weighted by molar-refractivity contribution is 0.142. The Morgan fingerprint density at radius 3 is 2.70 bits per heavy atom. The van der Waals surface area contributed by atoms with Crippen molar-refractivity contribution in [2.24, 2.45) is 5.92 Å². The Bertz CT molecular complexity index is 1020. The number of benzene rings is 1. The van der Waals surface area contributed by atoms with Gasteiger partial charge in [0.1, 0.15) is 18.4 Å². The van der Waals surface area contributed by atoms with Crippen LogP contribution < -0.4 is 15.1 Å². The second-order valence-corrected chi connectivity index (χ2v) is 8.92. The number of nitrogens with one attached hydrogen (secondary N) is 1. The molecule has 2 aliphatic rings. The highest BCUT2D eigenvalue weighted by Gasteiger charge is 2.40. The Hall–Kier alpha value is -2.85. The van der Waals surface area contributed by atoms with Crippen molar-refractivity contribution in [2.75, 3.05) is 34.8 Å². The van der Waals surface area contributed by atoms with E-state index in [0.29, 0.717) is 10.9 Å². The van der Waals surface area contributed by atoms with E-state index in [1.807, 2.05) is 13.0 Å². The van der Waals surface area contributed by atoms with E-state index in [1.54, 1.807) is 12.1 Å². The molecule has 0 bridgehead atoms. The van der Waals surface area contributed by atoms with Crippen molar-refractivity contribution in [3.63, 3.8) is 0 Å². The molecule has 2 aromatic rings. The van der Waals surface area contributed by atoms with Crippen LogP contribution in [0.4, 0.5) is 26.6 Å². The quantitative estimate of drug-likeness (QED) is 0.578. The van der Waals surface area contributed by atoms with E-state index in [1.165, 1.54) is 6.92 Å². The molecule has 2 saturated heterocycles. The highest BCUT2D eigenvalue weighted by Crippen LogP contribution is 2.32. The molecule has 11 heteroatoms. The average molecular weight is 480 g/mol. The fourth-order valence-electron chi connectivity index (χ4n) is 4.31. The number of ether oxygens (including phenoxy) is 1. The van der Waals surface area contributed by atoms with Crippen LogP contribution in [0, 0.1) is 11.7 Å². The number of aromatic nitrogens is 2. The number of rotatable bonds is 6.